The zero-order valence-corrected chi connectivity index (χ0v) is 13.3. The van der Waals surface area contributed by atoms with Crippen molar-refractivity contribution in [3.05, 3.63) is 65.2 Å². The number of benzene rings is 2. The van der Waals surface area contributed by atoms with Crippen LogP contribution < -0.4 is 5.32 Å². The lowest BCUT2D eigenvalue weighted by Gasteiger charge is -2.19. The fraction of sp³-hybridized carbons (Fsp3) is 0.222. The Balaban J connectivity index is 1.82. The predicted octanol–water partition coefficient (Wildman–Crippen LogP) is 1.58. The first-order valence-electron chi connectivity index (χ1n) is 7.55. The molecular weight excluding hydrogens is 324 g/mol. The van der Waals surface area contributed by atoms with Crippen molar-refractivity contribution in [2.45, 2.75) is 18.8 Å². The molecule has 0 saturated heterocycles. The number of nitrogens with one attached hydrogen (secondary N) is 1. The van der Waals surface area contributed by atoms with Gasteiger partial charge in [-0.2, -0.15) is 5.26 Å². The van der Waals surface area contributed by atoms with Crippen LogP contribution in [0.5, 0.6) is 5.75 Å². The highest BCUT2D eigenvalue weighted by molar-refractivity contribution is 5.67. The van der Waals surface area contributed by atoms with Crippen LogP contribution in [-0.2, 0) is 11.3 Å². The van der Waals surface area contributed by atoms with Crippen molar-refractivity contribution < 1.29 is 24.9 Å². The number of amides is 1. The molecule has 0 aliphatic heterocycles. The smallest absolute Gasteiger partial charge is 0.407 e. The number of aromatic hydroxyl groups is 1. The molecule has 4 N–H and O–H groups in total. The van der Waals surface area contributed by atoms with E-state index in [9.17, 15) is 20.1 Å². The van der Waals surface area contributed by atoms with Gasteiger partial charge >= 0.3 is 6.09 Å². The lowest BCUT2D eigenvalue weighted by Crippen LogP contribution is -2.35. The second-order valence-corrected chi connectivity index (χ2v) is 5.34. The average Bonchev–Trinajstić information content (AvgIpc) is 2.64. The minimum atomic E-state index is -1.34. The number of nitrogens with zero attached hydrogens (tertiary/aromatic N) is 1. The van der Waals surface area contributed by atoms with Gasteiger partial charge in [0.1, 0.15) is 30.6 Å². The Hall–Kier alpha value is -3.08. The monoisotopic (exact) mass is 342 g/mol. The molecule has 0 spiro atoms. The number of carbonyl (C=O) groups excluding carboxylic acids is 1. The molecule has 0 bridgehead atoms. The molecule has 0 aromatic heterocycles. The predicted molar refractivity (Wildman–Crippen MR) is 88.4 cm³/mol. The van der Waals surface area contributed by atoms with Crippen molar-refractivity contribution in [3.8, 4) is 11.8 Å². The molecule has 130 valence electrons. The molecule has 25 heavy (non-hydrogen) atoms. The lowest BCUT2D eigenvalue weighted by atomic mass is 10.0. The van der Waals surface area contributed by atoms with Crippen molar-refractivity contribution in [1.29, 1.82) is 5.26 Å². The molecule has 7 heteroatoms. The maximum Gasteiger partial charge on any atom is 0.407 e. The summed E-state index contributed by atoms with van der Waals surface area (Å²) < 4.78 is 4.99. The number of aliphatic hydroxyl groups is 2. The number of phenolic OH excluding ortho intramolecular Hbond substituents is 1. The Bertz CT molecular complexity index is 758. The molecule has 0 radical (unpaired) electrons. The summed E-state index contributed by atoms with van der Waals surface area (Å²) in [5, 5.41) is 40.7. The van der Waals surface area contributed by atoms with E-state index in [1.54, 1.807) is 6.07 Å². The van der Waals surface area contributed by atoms with Crippen LogP contribution in [0.15, 0.2) is 48.5 Å². The fourth-order valence-electron chi connectivity index (χ4n) is 2.12. The Kier molecular flexibility index (Phi) is 6.34. The van der Waals surface area contributed by atoms with Crippen LogP contribution in [0.2, 0.25) is 0 Å². The number of carbonyl (C=O) groups is 1. The quantitative estimate of drug-likeness (QED) is 0.632. The van der Waals surface area contributed by atoms with Crippen molar-refractivity contribution >= 4 is 6.09 Å². The van der Waals surface area contributed by atoms with Crippen molar-refractivity contribution in [3.63, 3.8) is 0 Å². The van der Waals surface area contributed by atoms with Crippen LogP contribution in [0.3, 0.4) is 0 Å². The zero-order chi connectivity index (χ0) is 18.2. The third-order valence-electron chi connectivity index (χ3n) is 3.52. The van der Waals surface area contributed by atoms with Crippen molar-refractivity contribution in [2.75, 3.05) is 6.54 Å². The maximum absolute atomic E-state index is 11.6. The number of aliphatic hydroxyl groups excluding tert-OH is 2. The fourth-order valence-corrected chi connectivity index (χ4v) is 2.12. The summed E-state index contributed by atoms with van der Waals surface area (Å²) in [5.41, 5.74) is 1.11. The molecule has 0 fully saturated rings. The summed E-state index contributed by atoms with van der Waals surface area (Å²) in [6.07, 6.45) is -3.37. The van der Waals surface area contributed by atoms with Gasteiger partial charge in [0, 0.05) is 6.54 Å². The Morgan fingerprint density at radius 3 is 2.56 bits per heavy atom. The van der Waals surface area contributed by atoms with Gasteiger partial charge in [-0.15, -0.1) is 0 Å². The molecule has 2 aromatic carbocycles. The van der Waals surface area contributed by atoms with Gasteiger partial charge in [0.05, 0.1) is 5.56 Å². The van der Waals surface area contributed by atoms with E-state index in [2.05, 4.69) is 5.32 Å². The van der Waals surface area contributed by atoms with Crippen molar-refractivity contribution in [2.24, 2.45) is 0 Å². The summed E-state index contributed by atoms with van der Waals surface area (Å²) in [6, 6.07) is 14.9. The van der Waals surface area contributed by atoms with E-state index >= 15 is 0 Å². The SMILES string of the molecule is N#Cc1ccc(C(O)C(O)CNC(=O)OCc2ccccc2)cc1O. The van der Waals surface area contributed by atoms with Gasteiger partial charge in [0.25, 0.3) is 0 Å². The molecule has 7 nitrogen and oxygen atoms in total. The van der Waals surface area contributed by atoms with E-state index in [4.69, 9.17) is 10.00 Å². The highest BCUT2D eigenvalue weighted by Gasteiger charge is 2.20. The van der Waals surface area contributed by atoms with Gasteiger partial charge in [0.2, 0.25) is 0 Å². The van der Waals surface area contributed by atoms with Crippen LogP contribution in [0, 0.1) is 11.3 Å². The molecule has 0 aliphatic carbocycles. The average molecular weight is 342 g/mol. The Morgan fingerprint density at radius 1 is 1.20 bits per heavy atom. The summed E-state index contributed by atoms with van der Waals surface area (Å²) >= 11 is 0. The minimum Gasteiger partial charge on any atom is -0.507 e. The van der Waals surface area contributed by atoms with E-state index in [0.717, 1.165) is 5.56 Å². The second kappa shape index (κ2) is 8.68. The maximum atomic E-state index is 11.6. The first-order chi connectivity index (χ1) is 12.0. The van der Waals surface area contributed by atoms with E-state index in [1.165, 1.54) is 18.2 Å². The van der Waals surface area contributed by atoms with E-state index < -0.39 is 18.3 Å². The molecule has 2 rings (SSSR count). The van der Waals surface area contributed by atoms with Gasteiger partial charge in [-0.1, -0.05) is 36.4 Å². The second-order valence-electron chi connectivity index (χ2n) is 5.34. The largest absolute Gasteiger partial charge is 0.507 e. The van der Waals surface area contributed by atoms with Gasteiger partial charge < -0.3 is 25.4 Å². The van der Waals surface area contributed by atoms with Crippen molar-refractivity contribution in [1.82, 2.24) is 5.32 Å². The third kappa shape index (κ3) is 5.21. The molecule has 0 aliphatic rings. The molecule has 0 heterocycles. The number of hydrogen-bond acceptors (Lipinski definition) is 6. The zero-order valence-electron chi connectivity index (χ0n) is 13.3. The van der Waals surface area contributed by atoms with Gasteiger partial charge in [0.15, 0.2) is 0 Å². The highest BCUT2D eigenvalue weighted by Crippen LogP contribution is 2.24. The Morgan fingerprint density at radius 2 is 1.92 bits per heavy atom. The topological polar surface area (TPSA) is 123 Å². The number of ether oxygens (including phenoxy) is 1. The summed E-state index contributed by atoms with van der Waals surface area (Å²) in [6.45, 7) is -0.148. The molecule has 1 amide bonds. The number of rotatable bonds is 6. The van der Waals surface area contributed by atoms with Crippen LogP contribution in [0.25, 0.3) is 0 Å². The highest BCUT2D eigenvalue weighted by atomic mass is 16.5. The molecular formula is C18H18N2O5. The number of nitriles is 1. The van der Waals surface area contributed by atoms with Crippen LogP contribution in [0.4, 0.5) is 4.79 Å². The Labute approximate surface area is 144 Å². The summed E-state index contributed by atoms with van der Waals surface area (Å²) in [4.78, 5) is 11.6. The van der Waals surface area contributed by atoms with Crippen LogP contribution in [0.1, 0.15) is 22.8 Å². The van der Waals surface area contributed by atoms with Gasteiger partial charge in [-0.05, 0) is 23.3 Å². The number of alkyl carbamates (subject to hydrolysis) is 1. The summed E-state index contributed by atoms with van der Waals surface area (Å²) in [5.74, 6) is -0.290. The third-order valence-corrected chi connectivity index (χ3v) is 3.52. The first kappa shape index (κ1) is 18.3. The number of phenols is 1. The van der Waals surface area contributed by atoms with Crippen LogP contribution >= 0.6 is 0 Å². The van der Waals surface area contributed by atoms with Crippen LogP contribution in [-0.4, -0.2) is 34.1 Å². The first-order valence-corrected chi connectivity index (χ1v) is 7.55. The summed E-state index contributed by atoms with van der Waals surface area (Å²) in [7, 11) is 0. The standard InChI is InChI=1S/C18H18N2O5/c19-9-14-7-6-13(8-15(14)21)17(23)16(22)10-20-18(24)25-11-12-4-2-1-3-5-12/h1-8,16-17,21-23H,10-11H2,(H,20,24). The van der Waals surface area contributed by atoms with E-state index in [1.807, 2.05) is 30.3 Å². The van der Waals surface area contributed by atoms with E-state index in [-0.39, 0.29) is 30.0 Å². The number of hydrogen-bond donors (Lipinski definition) is 4. The van der Waals surface area contributed by atoms with Gasteiger partial charge in [-0.25, -0.2) is 4.79 Å². The normalized spacial score (nSPS) is 12.7. The van der Waals surface area contributed by atoms with E-state index in [0.29, 0.717) is 0 Å². The molecule has 0 saturated carbocycles. The molecule has 2 unspecified atom stereocenters. The molecule has 2 atom stereocenters. The molecule has 2 aromatic rings. The van der Waals surface area contributed by atoms with Gasteiger partial charge in [-0.3, -0.25) is 0 Å². The lowest BCUT2D eigenvalue weighted by molar-refractivity contribution is 0.0183. The minimum absolute atomic E-state index is 0.0630.